The van der Waals surface area contributed by atoms with Gasteiger partial charge in [-0.05, 0) is 51.0 Å². The first kappa shape index (κ1) is 12.3. The van der Waals surface area contributed by atoms with Crippen LogP contribution in [0.1, 0.15) is 26.7 Å². The van der Waals surface area contributed by atoms with Gasteiger partial charge in [-0.25, -0.2) is 0 Å². The van der Waals surface area contributed by atoms with Crippen molar-refractivity contribution in [2.24, 2.45) is 5.92 Å². The van der Waals surface area contributed by atoms with Crippen molar-refractivity contribution in [1.29, 1.82) is 5.26 Å². The molecule has 1 aromatic carbocycles. The van der Waals surface area contributed by atoms with Gasteiger partial charge in [-0.3, -0.25) is 0 Å². The minimum absolute atomic E-state index is 0.112. The number of hydrogen-bond donors (Lipinski definition) is 0. The van der Waals surface area contributed by atoms with Crippen LogP contribution in [0.15, 0.2) is 24.3 Å². The molecule has 90 valence electrons. The Morgan fingerprint density at radius 3 is 2.59 bits per heavy atom. The molecular weight excluding hydrogens is 232 g/mol. The second-order valence-electron chi connectivity index (χ2n) is 5.26. The van der Waals surface area contributed by atoms with E-state index in [0.29, 0.717) is 0 Å². The van der Waals surface area contributed by atoms with E-state index in [-0.39, 0.29) is 11.5 Å². The van der Waals surface area contributed by atoms with Crippen molar-refractivity contribution in [3.63, 3.8) is 0 Å². The maximum Gasteiger partial charge on any atom is 0.0674 e. The van der Waals surface area contributed by atoms with Crippen molar-refractivity contribution >= 4 is 17.3 Å². The van der Waals surface area contributed by atoms with Crippen LogP contribution < -0.4 is 4.90 Å². The number of benzene rings is 1. The average molecular weight is 249 g/mol. The SMILES string of the molecule is CC1(C)CCC(C#N)CN1c1ccc(Cl)cc1. The fourth-order valence-corrected chi connectivity index (χ4v) is 2.53. The van der Waals surface area contributed by atoms with E-state index in [9.17, 15) is 0 Å². The van der Waals surface area contributed by atoms with Gasteiger partial charge in [-0.15, -0.1) is 0 Å². The van der Waals surface area contributed by atoms with Crippen molar-refractivity contribution in [3.05, 3.63) is 29.3 Å². The van der Waals surface area contributed by atoms with Crippen molar-refractivity contribution in [3.8, 4) is 6.07 Å². The Hall–Kier alpha value is -1.20. The summed E-state index contributed by atoms with van der Waals surface area (Å²) in [6, 6.07) is 10.3. The number of nitrogens with zero attached hydrogens (tertiary/aromatic N) is 2. The third kappa shape index (κ3) is 2.56. The van der Waals surface area contributed by atoms with E-state index < -0.39 is 0 Å². The van der Waals surface area contributed by atoms with Crippen LogP contribution >= 0.6 is 11.6 Å². The summed E-state index contributed by atoms with van der Waals surface area (Å²) in [5, 5.41) is 9.82. The molecule has 1 saturated heterocycles. The van der Waals surface area contributed by atoms with Gasteiger partial charge in [-0.2, -0.15) is 5.26 Å². The van der Waals surface area contributed by atoms with Gasteiger partial charge >= 0.3 is 0 Å². The second-order valence-corrected chi connectivity index (χ2v) is 5.70. The molecule has 0 bridgehead atoms. The second kappa shape index (κ2) is 4.58. The molecule has 3 heteroatoms. The minimum Gasteiger partial charge on any atom is -0.365 e. The van der Waals surface area contributed by atoms with Crippen LogP contribution in [0.4, 0.5) is 5.69 Å². The Labute approximate surface area is 108 Å². The highest BCUT2D eigenvalue weighted by Gasteiger charge is 2.34. The highest BCUT2D eigenvalue weighted by Crippen LogP contribution is 2.34. The summed E-state index contributed by atoms with van der Waals surface area (Å²) in [7, 11) is 0. The molecular formula is C14H17ClN2. The molecule has 2 rings (SSSR count). The lowest BCUT2D eigenvalue weighted by atomic mass is 9.85. The zero-order chi connectivity index (χ0) is 12.5. The lowest BCUT2D eigenvalue weighted by Crippen LogP contribution is -2.50. The van der Waals surface area contributed by atoms with E-state index in [0.717, 1.165) is 30.1 Å². The maximum absolute atomic E-state index is 9.07. The van der Waals surface area contributed by atoms with Crippen molar-refractivity contribution in [1.82, 2.24) is 0 Å². The number of rotatable bonds is 1. The van der Waals surface area contributed by atoms with E-state index in [2.05, 4.69) is 24.8 Å². The summed E-state index contributed by atoms with van der Waals surface area (Å²) in [4.78, 5) is 2.32. The topological polar surface area (TPSA) is 27.0 Å². The zero-order valence-electron chi connectivity index (χ0n) is 10.3. The molecule has 1 aliphatic heterocycles. The van der Waals surface area contributed by atoms with Gasteiger partial charge in [-0.1, -0.05) is 11.6 Å². The molecule has 2 nitrogen and oxygen atoms in total. The molecule has 0 spiro atoms. The zero-order valence-corrected chi connectivity index (χ0v) is 11.0. The molecule has 17 heavy (non-hydrogen) atoms. The fraction of sp³-hybridized carbons (Fsp3) is 0.500. The van der Waals surface area contributed by atoms with E-state index in [1.54, 1.807) is 0 Å². The van der Waals surface area contributed by atoms with Crippen LogP contribution in [0, 0.1) is 17.2 Å². The highest BCUT2D eigenvalue weighted by molar-refractivity contribution is 6.30. The first-order valence-corrected chi connectivity index (χ1v) is 6.33. The van der Waals surface area contributed by atoms with Gasteiger partial charge in [0.05, 0.1) is 12.0 Å². The smallest absolute Gasteiger partial charge is 0.0674 e. The molecule has 1 aliphatic rings. The molecule has 0 aromatic heterocycles. The Balaban J connectivity index is 2.27. The normalized spacial score (nSPS) is 23.2. The Morgan fingerprint density at radius 2 is 2.00 bits per heavy atom. The highest BCUT2D eigenvalue weighted by atomic mass is 35.5. The van der Waals surface area contributed by atoms with E-state index in [1.165, 1.54) is 0 Å². The van der Waals surface area contributed by atoms with Crippen molar-refractivity contribution < 1.29 is 0 Å². The lowest BCUT2D eigenvalue weighted by Gasteiger charge is -2.45. The first-order chi connectivity index (χ1) is 8.03. The molecule has 1 aromatic rings. The lowest BCUT2D eigenvalue weighted by molar-refractivity contribution is 0.325. The number of piperidine rings is 1. The largest absolute Gasteiger partial charge is 0.365 e. The number of nitriles is 1. The standard InChI is InChI=1S/C14H17ClN2/c1-14(2)8-7-11(9-16)10-17(14)13-5-3-12(15)4-6-13/h3-6,11H,7-8,10H2,1-2H3. The Bertz CT molecular complexity index is 431. The molecule has 1 fully saturated rings. The molecule has 0 N–H and O–H groups in total. The summed E-state index contributed by atoms with van der Waals surface area (Å²) in [5.74, 6) is 0.138. The predicted octanol–water partition coefficient (Wildman–Crippen LogP) is 3.86. The van der Waals surface area contributed by atoms with E-state index in [1.807, 2.05) is 24.3 Å². The van der Waals surface area contributed by atoms with Crippen LogP contribution in [-0.2, 0) is 0 Å². The van der Waals surface area contributed by atoms with Gasteiger partial charge < -0.3 is 4.90 Å². The van der Waals surface area contributed by atoms with E-state index in [4.69, 9.17) is 16.9 Å². The molecule has 1 heterocycles. The molecule has 0 amide bonds. The third-order valence-electron chi connectivity index (χ3n) is 3.56. The van der Waals surface area contributed by atoms with Crippen LogP contribution in [0.25, 0.3) is 0 Å². The summed E-state index contributed by atoms with van der Waals surface area (Å²) in [6.07, 6.45) is 2.04. The van der Waals surface area contributed by atoms with Gasteiger partial charge in [0.25, 0.3) is 0 Å². The molecule has 0 aliphatic carbocycles. The Kier molecular flexibility index (Phi) is 3.31. The third-order valence-corrected chi connectivity index (χ3v) is 3.81. The molecule has 0 radical (unpaired) electrons. The monoisotopic (exact) mass is 248 g/mol. The van der Waals surface area contributed by atoms with Crippen LogP contribution in [0.3, 0.4) is 0 Å². The molecule has 0 saturated carbocycles. The maximum atomic E-state index is 9.07. The molecule has 1 atom stereocenters. The number of halogens is 1. The van der Waals surface area contributed by atoms with Gasteiger partial charge in [0.15, 0.2) is 0 Å². The predicted molar refractivity (Wildman–Crippen MR) is 71.2 cm³/mol. The number of hydrogen-bond acceptors (Lipinski definition) is 2. The van der Waals surface area contributed by atoms with E-state index >= 15 is 0 Å². The van der Waals surface area contributed by atoms with Crippen LogP contribution in [0.2, 0.25) is 5.02 Å². The molecule has 1 unspecified atom stereocenters. The summed E-state index contributed by atoms with van der Waals surface area (Å²) >= 11 is 5.91. The summed E-state index contributed by atoms with van der Waals surface area (Å²) < 4.78 is 0. The summed E-state index contributed by atoms with van der Waals surface area (Å²) in [6.45, 7) is 5.27. The number of anilines is 1. The minimum atomic E-state index is 0.112. The Morgan fingerprint density at radius 1 is 1.35 bits per heavy atom. The van der Waals surface area contributed by atoms with Crippen molar-refractivity contribution in [2.75, 3.05) is 11.4 Å². The summed E-state index contributed by atoms with van der Waals surface area (Å²) in [5.41, 5.74) is 1.26. The van der Waals surface area contributed by atoms with Gasteiger partial charge in [0.1, 0.15) is 0 Å². The first-order valence-electron chi connectivity index (χ1n) is 5.96. The fourth-order valence-electron chi connectivity index (χ4n) is 2.40. The van der Waals surface area contributed by atoms with Crippen LogP contribution in [-0.4, -0.2) is 12.1 Å². The average Bonchev–Trinajstić information content (AvgIpc) is 2.30. The van der Waals surface area contributed by atoms with Gasteiger partial charge in [0, 0.05) is 22.8 Å². The van der Waals surface area contributed by atoms with Gasteiger partial charge in [0.2, 0.25) is 0 Å². The van der Waals surface area contributed by atoms with Crippen LogP contribution in [0.5, 0.6) is 0 Å². The quantitative estimate of drug-likeness (QED) is 0.755. The van der Waals surface area contributed by atoms with Crippen molar-refractivity contribution in [2.45, 2.75) is 32.2 Å².